The molecule has 0 amide bonds. The van der Waals surface area contributed by atoms with E-state index in [9.17, 15) is 0 Å². The Hall–Kier alpha value is -0.900. The molecule has 0 saturated heterocycles. The third kappa shape index (κ3) is 4.00. The number of hydrogen-bond acceptors (Lipinski definition) is 3. The lowest BCUT2D eigenvalue weighted by Crippen LogP contribution is -2.20. The molecule has 0 aliphatic heterocycles. The average molecular weight is 210 g/mol. The van der Waals surface area contributed by atoms with Crippen molar-refractivity contribution in [3.05, 3.63) is 11.6 Å². The zero-order valence-corrected chi connectivity index (χ0v) is 10.2. The van der Waals surface area contributed by atoms with Gasteiger partial charge in [-0.1, -0.05) is 6.42 Å². The minimum atomic E-state index is 0.614. The fourth-order valence-electron chi connectivity index (χ4n) is 1.63. The molecule has 0 aliphatic rings. The molecule has 0 radical (unpaired) electrons. The van der Waals surface area contributed by atoms with Gasteiger partial charge in [0.2, 0.25) is 0 Å². The second kappa shape index (κ2) is 5.85. The number of hydrogen-bond donors (Lipinski definition) is 1. The first-order valence-electron chi connectivity index (χ1n) is 5.68. The summed E-state index contributed by atoms with van der Waals surface area (Å²) in [5.74, 6) is 1.89. The molecule has 86 valence electrons. The first kappa shape index (κ1) is 12.2. The van der Waals surface area contributed by atoms with Crippen LogP contribution in [0.1, 0.15) is 37.8 Å². The molecule has 1 N–H and O–H groups in total. The number of nitrogens with one attached hydrogen (secondary N) is 1. The molecule has 4 heteroatoms. The Kier molecular flexibility index (Phi) is 4.75. The lowest BCUT2D eigenvalue weighted by Gasteiger charge is -2.09. The molecule has 1 atom stereocenters. The van der Waals surface area contributed by atoms with Crippen molar-refractivity contribution in [3.63, 3.8) is 0 Å². The summed E-state index contributed by atoms with van der Waals surface area (Å²) < 4.78 is 2.00. The summed E-state index contributed by atoms with van der Waals surface area (Å²) in [6.45, 7) is 7.15. The van der Waals surface area contributed by atoms with Gasteiger partial charge in [-0.25, -0.2) is 4.98 Å². The van der Waals surface area contributed by atoms with Gasteiger partial charge in [0.1, 0.15) is 11.6 Å². The highest BCUT2D eigenvalue weighted by molar-refractivity contribution is 4.87. The molecule has 4 nitrogen and oxygen atoms in total. The second-order valence-electron chi connectivity index (χ2n) is 4.11. The summed E-state index contributed by atoms with van der Waals surface area (Å²) in [5.41, 5.74) is 0. The Morgan fingerprint density at radius 2 is 2.07 bits per heavy atom. The van der Waals surface area contributed by atoms with Crippen LogP contribution in [-0.2, 0) is 6.54 Å². The van der Waals surface area contributed by atoms with Gasteiger partial charge in [-0.2, -0.15) is 5.10 Å². The van der Waals surface area contributed by atoms with Gasteiger partial charge in [0, 0.05) is 12.6 Å². The third-order valence-corrected chi connectivity index (χ3v) is 2.71. The number of aryl methyl sites for hydroxylation is 3. The summed E-state index contributed by atoms with van der Waals surface area (Å²) in [6.07, 6.45) is 3.64. The van der Waals surface area contributed by atoms with E-state index in [1.807, 2.05) is 25.6 Å². The van der Waals surface area contributed by atoms with Crippen LogP contribution in [0.5, 0.6) is 0 Å². The number of nitrogens with zero attached hydrogens (tertiary/aromatic N) is 3. The Morgan fingerprint density at radius 3 is 2.60 bits per heavy atom. The highest BCUT2D eigenvalue weighted by Crippen LogP contribution is 2.04. The van der Waals surface area contributed by atoms with Crippen LogP contribution in [0.4, 0.5) is 0 Å². The topological polar surface area (TPSA) is 42.7 Å². The van der Waals surface area contributed by atoms with E-state index in [1.54, 1.807) is 0 Å². The zero-order valence-electron chi connectivity index (χ0n) is 10.2. The second-order valence-corrected chi connectivity index (χ2v) is 4.11. The minimum absolute atomic E-state index is 0.614. The van der Waals surface area contributed by atoms with Crippen LogP contribution in [0.15, 0.2) is 0 Å². The maximum Gasteiger partial charge on any atom is 0.147 e. The minimum Gasteiger partial charge on any atom is -0.317 e. The van der Waals surface area contributed by atoms with Gasteiger partial charge < -0.3 is 5.32 Å². The van der Waals surface area contributed by atoms with Crippen molar-refractivity contribution in [2.75, 3.05) is 7.05 Å². The maximum absolute atomic E-state index is 4.34. The van der Waals surface area contributed by atoms with Crippen molar-refractivity contribution in [2.45, 2.75) is 52.6 Å². The molecule has 0 aromatic carbocycles. The van der Waals surface area contributed by atoms with E-state index < -0.39 is 0 Å². The van der Waals surface area contributed by atoms with Gasteiger partial charge in [-0.05, 0) is 40.7 Å². The lowest BCUT2D eigenvalue weighted by molar-refractivity contribution is 0.484. The highest BCUT2D eigenvalue weighted by atomic mass is 15.3. The van der Waals surface area contributed by atoms with Crippen LogP contribution < -0.4 is 5.32 Å². The van der Waals surface area contributed by atoms with E-state index in [0.29, 0.717) is 6.04 Å². The predicted octanol–water partition coefficient (Wildman–Crippen LogP) is 1.67. The van der Waals surface area contributed by atoms with E-state index in [2.05, 4.69) is 22.3 Å². The molecule has 1 aromatic rings. The molecular weight excluding hydrogens is 188 g/mol. The van der Waals surface area contributed by atoms with E-state index >= 15 is 0 Å². The van der Waals surface area contributed by atoms with Gasteiger partial charge in [0.15, 0.2) is 0 Å². The Bertz CT molecular complexity index is 293. The fraction of sp³-hybridized carbons (Fsp3) is 0.818. The van der Waals surface area contributed by atoms with Crippen LogP contribution >= 0.6 is 0 Å². The number of aromatic nitrogens is 3. The first-order chi connectivity index (χ1) is 7.13. The third-order valence-electron chi connectivity index (χ3n) is 2.71. The molecule has 0 spiro atoms. The van der Waals surface area contributed by atoms with Gasteiger partial charge in [0.25, 0.3) is 0 Å². The van der Waals surface area contributed by atoms with Gasteiger partial charge in [-0.3, -0.25) is 4.68 Å². The van der Waals surface area contributed by atoms with Gasteiger partial charge >= 0.3 is 0 Å². The normalized spacial score (nSPS) is 13.1. The largest absolute Gasteiger partial charge is 0.317 e. The van der Waals surface area contributed by atoms with Crippen LogP contribution in [0.2, 0.25) is 0 Å². The molecule has 1 rings (SSSR count). The van der Waals surface area contributed by atoms with Crippen molar-refractivity contribution in [2.24, 2.45) is 0 Å². The summed E-state index contributed by atoms with van der Waals surface area (Å²) in [5, 5.41) is 7.58. The standard InChI is InChI=1S/C11H22N4/c1-9(12-4)7-5-6-8-15-11(3)13-10(2)14-15/h9,12H,5-8H2,1-4H3. The highest BCUT2D eigenvalue weighted by Gasteiger charge is 2.02. The van der Waals surface area contributed by atoms with Crippen LogP contribution in [-0.4, -0.2) is 27.9 Å². The van der Waals surface area contributed by atoms with Crippen molar-refractivity contribution in [3.8, 4) is 0 Å². The molecule has 1 aromatic heterocycles. The molecule has 0 saturated carbocycles. The molecule has 0 fully saturated rings. The first-order valence-corrected chi connectivity index (χ1v) is 5.68. The summed E-state index contributed by atoms with van der Waals surface area (Å²) in [7, 11) is 2.01. The van der Waals surface area contributed by atoms with Gasteiger partial charge in [-0.15, -0.1) is 0 Å². The summed E-state index contributed by atoms with van der Waals surface area (Å²) >= 11 is 0. The maximum atomic E-state index is 4.34. The smallest absolute Gasteiger partial charge is 0.147 e. The van der Waals surface area contributed by atoms with E-state index in [0.717, 1.165) is 18.2 Å². The van der Waals surface area contributed by atoms with E-state index in [1.165, 1.54) is 19.3 Å². The van der Waals surface area contributed by atoms with Crippen LogP contribution in [0, 0.1) is 13.8 Å². The van der Waals surface area contributed by atoms with Crippen molar-refractivity contribution in [1.82, 2.24) is 20.1 Å². The molecule has 15 heavy (non-hydrogen) atoms. The van der Waals surface area contributed by atoms with E-state index in [4.69, 9.17) is 0 Å². The number of unbranched alkanes of at least 4 members (excludes halogenated alkanes) is 1. The quantitative estimate of drug-likeness (QED) is 0.726. The number of rotatable bonds is 6. The summed E-state index contributed by atoms with van der Waals surface area (Å²) in [4.78, 5) is 4.28. The zero-order chi connectivity index (χ0) is 11.3. The van der Waals surface area contributed by atoms with Crippen molar-refractivity contribution in [1.29, 1.82) is 0 Å². The van der Waals surface area contributed by atoms with E-state index in [-0.39, 0.29) is 0 Å². The molecule has 0 aliphatic carbocycles. The Balaban J connectivity index is 2.23. The monoisotopic (exact) mass is 210 g/mol. The summed E-state index contributed by atoms with van der Waals surface area (Å²) in [6, 6.07) is 0.614. The lowest BCUT2D eigenvalue weighted by atomic mass is 10.1. The molecule has 1 heterocycles. The van der Waals surface area contributed by atoms with Crippen LogP contribution in [0.3, 0.4) is 0 Å². The fourth-order valence-corrected chi connectivity index (χ4v) is 1.63. The molecule has 0 bridgehead atoms. The average Bonchev–Trinajstić information content (AvgIpc) is 2.52. The molecule has 1 unspecified atom stereocenters. The van der Waals surface area contributed by atoms with Crippen molar-refractivity contribution < 1.29 is 0 Å². The predicted molar refractivity (Wildman–Crippen MR) is 61.9 cm³/mol. The van der Waals surface area contributed by atoms with Crippen LogP contribution in [0.25, 0.3) is 0 Å². The Morgan fingerprint density at radius 1 is 1.33 bits per heavy atom. The molecular formula is C11H22N4. The SMILES string of the molecule is CNC(C)CCCCn1nc(C)nc1C. The Labute approximate surface area is 92.1 Å². The van der Waals surface area contributed by atoms with Crippen molar-refractivity contribution >= 4 is 0 Å². The van der Waals surface area contributed by atoms with Gasteiger partial charge in [0.05, 0.1) is 0 Å².